The summed E-state index contributed by atoms with van der Waals surface area (Å²) in [6, 6.07) is 10.1. The number of ether oxygens (including phenoxy) is 5. The number of amides is 2. The molecule has 3 rings (SSSR count). The summed E-state index contributed by atoms with van der Waals surface area (Å²) in [6.07, 6.45) is -0.335. The highest BCUT2D eigenvalue weighted by Crippen LogP contribution is 2.38. The van der Waals surface area contributed by atoms with E-state index in [4.69, 9.17) is 35.3 Å². The fourth-order valence-electron chi connectivity index (χ4n) is 4.14. The smallest absolute Gasteiger partial charge is 0.260 e. The predicted octanol–water partition coefficient (Wildman–Crippen LogP) is 3.77. The van der Waals surface area contributed by atoms with E-state index >= 15 is 0 Å². The largest absolute Gasteiger partial charge is 0.493 e. The number of halogens is 1. The second kappa shape index (κ2) is 13.4. The van der Waals surface area contributed by atoms with Crippen molar-refractivity contribution in [3.8, 4) is 23.0 Å². The van der Waals surface area contributed by atoms with Crippen LogP contribution < -0.4 is 18.9 Å². The zero-order chi connectivity index (χ0) is 26.9. The minimum atomic E-state index is -0.335. The molecule has 0 N–H and O–H groups in total. The van der Waals surface area contributed by atoms with Crippen molar-refractivity contribution >= 4 is 23.4 Å². The number of benzene rings is 2. The van der Waals surface area contributed by atoms with E-state index in [2.05, 4.69) is 0 Å². The predicted molar refractivity (Wildman–Crippen MR) is 140 cm³/mol. The fourth-order valence-corrected chi connectivity index (χ4v) is 4.26. The van der Waals surface area contributed by atoms with Gasteiger partial charge in [0, 0.05) is 36.8 Å². The summed E-state index contributed by atoms with van der Waals surface area (Å²) in [5.74, 6) is 1.69. The molecule has 1 aliphatic rings. The molecule has 1 fully saturated rings. The lowest BCUT2D eigenvalue weighted by molar-refractivity contribution is -0.141. The van der Waals surface area contributed by atoms with E-state index in [1.54, 1.807) is 46.2 Å². The molecule has 2 aromatic carbocycles. The van der Waals surface area contributed by atoms with Gasteiger partial charge in [0.15, 0.2) is 18.1 Å². The van der Waals surface area contributed by atoms with Crippen molar-refractivity contribution in [1.29, 1.82) is 0 Å². The molecule has 1 unspecified atom stereocenters. The van der Waals surface area contributed by atoms with Gasteiger partial charge in [0.1, 0.15) is 5.75 Å². The van der Waals surface area contributed by atoms with Crippen LogP contribution >= 0.6 is 11.6 Å². The third-order valence-corrected chi connectivity index (χ3v) is 6.13. The maximum Gasteiger partial charge on any atom is 0.260 e. The van der Waals surface area contributed by atoms with Crippen LogP contribution in [0.15, 0.2) is 36.4 Å². The van der Waals surface area contributed by atoms with E-state index in [-0.39, 0.29) is 30.4 Å². The van der Waals surface area contributed by atoms with Crippen LogP contribution in [0, 0.1) is 5.92 Å². The molecule has 37 heavy (non-hydrogen) atoms. The monoisotopic (exact) mass is 534 g/mol. The van der Waals surface area contributed by atoms with E-state index in [1.165, 1.54) is 21.3 Å². The Morgan fingerprint density at radius 2 is 1.73 bits per heavy atom. The number of nitrogens with zero attached hydrogens (tertiary/aromatic N) is 2. The van der Waals surface area contributed by atoms with Crippen molar-refractivity contribution in [3.63, 3.8) is 0 Å². The molecule has 1 aliphatic heterocycles. The van der Waals surface area contributed by atoms with E-state index in [0.29, 0.717) is 66.4 Å². The molecule has 0 radical (unpaired) electrons. The zero-order valence-corrected chi connectivity index (χ0v) is 22.7. The topological polar surface area (TPSA) is 86.8 Å². The molecule has 202 valence electrons. The molecular weight excluding hydrogens is 500 g/mol. The standard InChI is InChI=1S/C27H35ClN2O7/c1-18(2)14-30(27(32)19-12-23(33-3)26(35-5)24(13-19)34-4)16-22-15-29(10-11-36-22)25(31)17-37-21-8-6-20(28)7-9-21/h6-9,12-13,18,22H,10-11,14-17H2,1-5H3. The van der Waals surface area contributed by atoms with Gasteiger partial charge >= 0.3 is 0 Å². The second-order valence-electron chi connectivity index (χ2n) is 9.09. The van der Waals surface area contributed by atoms with Gasteiger partial charge in [0.2, 0.25) is 5.75 Å². The lowest BCUT2D eigenvalue weighted by atomic mass is 10.1. The highest BCUT2D eigenvalue weighted by Gasteiger charge is 2.29. The van der Waals surface area contributed by atoms with Gasteiger partial charge in [-0.3, -0.25) is 9.59 Å². The summed E-state index contributed by atoms with van der Waals surface area (Å²) in [4.78, 5) is 29.9. The maximum absolute atomic E-state index is 13.6. The lowest BCUT2D eigenvalue weighted by Crippen LogP contribution is -2.52. The number of morpholine rings is 1. The number of carbonyl (C=O) groups excluding carboxylic acids is 2. The van der Waals surface area contributed by atoms with Crippen molar-refractivity contribution in [3.05, 3.63) is 47.0 Å². The van der Waals surface area contributed by atoms with Crippen LogP contribution in [0.4, 0.5) is 0 Å². The van der Waals surface area contributed by atoms with Crippen LogP contribution in [0.3, 0.4) is 0 Å². The minimum absolute atomic E-state index is 0.0889. The first-order valence-corrected chi connectivity index (χ1v) is 12.5. The molecule has 9 nitrogen and oxygen atoms in total. The Labute approximate surface area is 223 Å². The summed E-state index contributed by atoms with van der Waals surface area (Å²) in [5, 5.41) is 0.599. The van der Waals surface area contributed by atoms with Crippen LogP contribution in [0.25, 0.3) is 0 Å². The molecule has 10 heteroatoms. The van der Waals surface area contributed by atoms with Crippen LogP contribution in [-0.4, -0.2) is 88.4 Å². The van der Waals surface area contributed by atoms with Crippen molar-refractivity contribution in [2.45, 2.75) is 20.0 Å². The number of rotatable bonds is 11. The fraction of sp³-hybridized carbons (Fsp3) is 0.481. The Morgan fingerprint density at radius 3 is 2.30 bits per heavy atom. The van der Waals surface area contributed by atoms with Crippen LogP contribution in [0.1, 0.15) is 24.2 Å². The molecule has 0 aromatic heterocycles. The van der Waals surface area contributed by atoms with E-state index in [1.807, 2.05) is 13.8 Å². The van der Waals surface area contributed by atoms with Gasteiger partial charge < -0.3 is 33.5 Å². The number of methoxy groups -OCH3 is 3. The third kappa shape index (κ3) is 7.66. The van der Waals surface area contributed by atoms with Gasteiger partial charge in [-0.2, -0.15) is 0 Å². The van der Waals surface area contributed by atoms with E-state index in [0.717, 1.165) is 0 Å². The quantitative estimate of drug-likeness (QED) is 0.433. The lowest BCUT2D eigenvalue weighted by Gasteiger charge is -2.36. The number of hydrogen-bond acceptors (Lipinski definition) is 7. The molecule has 0 aliphatic carbocycles. The summed E-state index contributed by atoms with van der Waals surface area (Å²) < 4.78 is 27.8. The Kier molecular flexibility index (Phi) is 10.3. The summed E-state index contributed by atoms with van der Waals surface area (Å²) in [6.45, 7) is 6.05. The Balaban J connectivity index is 1.69. The van der Waals surface area contributed by atoms with Crippen LogP contribution in [0.2, 0.25) is 5.02 Å². The first kappa shape index (κ1) is 28.4. The summed E-state index contributed by atoms with van der Waals surface area (Å²) in [5.41, 5.74) is 0.412. The van der Waals surface area contributed by atoms with Crippen molar-refractivity contribution < 1.29 is 33.3 Å². The molecule has 1 atom stereocenters. The van der Waals surface area contributed by atoms with Crippen LogP contribution in [-0.2, 0) is 9.53 Å². The van der Waals surface area contributed by atoms with Crippen molar-refractivity contribution in [1.82, 2.24) is 9.80 Å². The van der Waals surface area contributed by atoms with E-state index in [9.17, 15) is 9.59 Å². The minimum Gasteiger partial charge on any atom is -0.493 e. The van der Waals surface area contributed by atoms with Crippen LogP contribution in [0.5, 0.6) is 23.0 Å². The molecule has 0 saturated carbocycles. The molecule has 0 bridgehead atoms. The molecular formula is C27H35ClN2O7. The maximum atomic E-state index is 13.6. The Bertz CT molecular complexity index is 1040. The highest BCUT2D eigenvalue weighted by molar-refractivity contribution is 6.30. The van der Waals surface area contributed by atoms with Gasteiger partial charge in [-0.25, -0.2) is 0 Å². The van der Waals surface area contributed by atoms with Gasteiger partial charge in [-0.1, -0.05) is 25.4 Å². The third-order valence-electron chi connectivity index (χ3n) is 5.88. The van der Waals surface area contributed by atoms with Gasteiger partial charge in [0.05, 0.1) is 34.0 Å². The second-order valence-corrected chi connectivity index (χ2v) is 9.53. The first-order chi connectivity index (χ1) is 17.7. The molecule has 2 aromatic rings. The van der Waals surface area contributed by atoms with E-state index < -0.39 is 0 Å². The van der Waals surface area contributed by atoms with Crippen molar-refractivity contribution in [2.24, 2.45) is 5.92 Å². The molecule has 0 spiro atoms. The normalized spacial score (nSPS) is 15.3. The Hall–Kier alpha value is -3.17. The Morgan fingerprint density at radius 1 is 1.08 bits per heavy atom. The summed E-state index contributed by atoms with van der Waals surface area (Å²) >= 11 is 5.90. The highest BCUT2D eigenvalue weighted by atomic mass is 35.5. The number of carbonyl (C=O) groups is 2. The summed E-state index contributed by atoms with van der Waals surface area (Å²) in [7, 11) is 4.53. The molecule has 2 amide bonds. The van der Waals surface area contributed by atoms with Gasteiger partial charge in [0.25, 0.3) is 11.8 Å². The molecule has 1 heterocycles. The average Bonchev–Trinajstić information content (AvgIpc) is 2.90. The van der Waals surface area contributed by atoms with Crippen molar-refractivity contribution in [2.75, 3.05) is 60.7 Å². The zero-order valence-electron chi connectivity index (χ0n) is 22.0. The average molecular weight is 535 g/mol. The van der Waals surface area contributed by atoms with Gasteiger partial charge in [-0.15, -0.1) is 0 Å². The SMILES string of the molecule is COc1cc(C(=O)N(CC(C)C)CC2CN(C(=O)COc3ccc(Cl)cc3)CCO2)cc(OC)c1OC. The first-order valence-electron chi connectivity index (χ1n) is 12.1. The van der Waals surface area contributed by atoms with Gasteiger partial charge in [-0.05, 0) is 42.3 Å². The molecule has 1 saturated heterocycles. The number of hydrogen-bond donors (Lipinski definition) is 0.